The maximum absolute atomic E-state index is 5.45. The summed E-state index contributed by atoms with van der Waals surface area (Å²) in [6.07, 6.45) is 0. The van der Waals surface area contributed by atoms with Gasteiger partial charge in [0.05, 0.1) is 5.52 Å². The normalized spacial score (nSPS) is 10.2. The van der Waals surface area contributed by atoms with Crippen molar-refractivity contribution in [3.63, 3.8) is 0 Å². The third kappa shape index (κ3) is 1.00. The predicted molar refractivity (Wildman–Crippen MR) is 44.0 cm³/mol. The van der Waals surface area contributed by atoms with Gasteiger partial charge in [0.15, 0.2) is 0 Å². The number of benzene rings is 1. The van der Waals surface area contributed by atoms with Crippen molar-refractivity contribution in [2.24, 2.45) is 0 Å². The lowest BCUT2D eigenvalue weighted by atomic mass is 10.2. The van der Waals surface area contributed by atoms with Crippen molar-refractivity contribution in [3.05, 3.63) is 30.3 Å². The Morgan fingerprint density at radius 1 is 1.09 bits per heavy atom. The van der Waals surface area contributed by atoms with Crippen molar-refractivity contribution in [1.29, 1.82) is 0 Å². The first kappa shape index (κ1) is 6.09. The Balaban J connectivity index is 2.83. The van der Waals surface area contributed by atoms with Crippen LogP contribution in [0.15, 0.2) is 30.3 Å². The summed E-state index contributed by atoms with van der Waals surface area (Å²) >= 11 is 0. The Kier molecular flexibility index (Phi) is 1.22. The van der Waals surface area contributed by atoms with Gasteiger partial charge < -0.3 is 5.73 Å². The smallest absolute Gasteiger partial charge is 0.146 e. The first-order chi connectivity index (χ1) is 5.36. The molecule has 0 aliphatic rings. The molecule has 0 atom stereocenters. The second-order valence-corrected chi connectivity index (χ2v) is 2.33. The largest absolute Gasteiger partial charge is 0.382 e. The number of hydrogen-bond acceptors (Lipinski definition) is 3. The van der Waals surface area contributed by atoms with Crippen LogP contribution in [0.5, 0.6) is 0 Å². The van der Waals surface area contributed by atoms with Gasteiger partial charge in [0.2, 0.25) is 0 Å². The molecule has 0 unspecified atom stereocenters. The minimum atomic E-state index is 0.462. The summed E-state index contributed by atoms with van der Waals surface area (Å²) < 4.78 is 0. The van der Waals surface area contributed by atoms with Crippen molar-refractivity contribution >= 4 is 16.7 Å². The standard InChI is InChI=1S/C8H7N3/c9-8-5-6-3-1-2-4-7(6)10-11-8/h1-5H,(H2,9,11). The first-order valence-electron chi connectivity index (χ1n) is 3.34. The second kappa shape index (κ2) is 2.20. The highest BCUT2D eigenvalue weighted by Gasteiger charge is 1.92. The van der Waals surface area contributed by atoms with Crippen molar-refractivity contribution in [2.75, 3.05) is 5.73 Å². The molecular weight excluding hydrogens is 138 g/mol. The average molecular weight is 145 g/mol. The van der Waals surface area contributed by atoms with Crippen LogP contribution >= 0.6 is 0 Å². The van der Waals surface area contributed by atoms with Gasteiger partial charge in [0.25, 0.3) is 0 Å². The van der Waals surface area contributed by atoms with Crippen LogP contribution in [-0.2, 0) is 0 Å². The molecule has 0 saturated carbocycles. The van der Waals surface area contributed by atoms with E-state index in [0.717, 1.165) is 10.9 Å². The van der Waals surface area contributed by atoms with E-state index in [2.05, 4.69) is 10.2 Å². The van der Waals surface area contributed by atoms with Crippen LogP contribution in [0.1, 0.15) is 0 Å². The number of nitrogens with two attached hydrogens (primary N) is 1. The molecule has 2 aromatic rings. The Hall–Kier alpha value is -1.64. The molecule has 0 aliphatic carbocycles. The molecule has 0 radical (unpaired) electrons. The maximum Gasteiger partial charge on any atom is 0.146 e. The molecule has 1 heterocycles. The van der Waals surface area contributed by atoms with Gasteiger partial charge >= 0.3 is 0 Å². The average Bonchev–Trinajstić information content (AvgIpc) is 2.04. The fourth-order valence-corrected chi connectivity index (χ4v) is 1.00. The van der Waals surface area contributed by atoms with E-state index in [-0.39, 0.29) is 0 Å². The summed E-state index contributed by atoms with van der Waals surface area (Å²) in [6, 6.07) is 9.54. The molecule has 0 amide bonds. The molecule has 0 bridgehead atoms. The van der Waals surface area contributed by atoms with E-state index in [0.29, 0.717) is 5.82 Å². The second-order valence-electron chi connectivity index (χ2n) is 2.33. The van der Waals surface area contributed by atoms with Crippen molar-refractivity contribution in [3.8, 4) is 0 Å². The van der Waals surface area contributed by atoms with Gasteiger partial charge in [0.1, 0.15) is 5.82 Å². The Bertz CT molecular complexity index is 384. The summed E-state index contributed by atoms with van der Waals surface area (Å²) in [5.41, 5.74) is 6.33. The maximum atomic E-state index is 5.45. The van der Waals surface area contributed by atoms with Gasteiger partial charge in [0, 0.05) is 5.39 Å². The van der Waals surface area contributed by atoms with E-state index in [4.69, 9.17) is 5.73 Å². The molecule has 54 valence electrons. The monoisotopic (exact) mass is 145 g/mol. The number of anilines is 1. The Morgan fingerprint density at radius 2 is 1.91 bits per heavy atom. The molecule has 0 spiro atoms. The van der Waals surface area contributed by atoms with Crippen LogP contribution in [-0.4, -0.2) is 10.2 Å². The van der Waals surface area contributed by atoms with Crippen LogP contribution in [0.4, 0.5) is 5.82 Å². The predicted octanol–water partition coefficient (Wildman–Crippen LogP) is 1.21. The fourth-order valence-electron chi connectivity index (χ4n) is 1.00. The number of nitrogen functional groups attached to an aromatic ring is 1. The lowest BCUT2D eigenvalue weighted by molar-refractivity contribution is 1.09. The number of fused-ring (bicyclic) bond motifs is 1. The quantitative estimate of drug-likeness (QED) is 0.606. The number of hydrogen-bond donors (Lipinski definition) is 1. The Morgan fingerprint density at radius 3 is 2.82 bits per heavy atom. The first-order valence-corrected chi connectivity index (χ1v) is 3.34. The van der Waals surface area contributed by atoms with Crippen molar-refractivity contribution in [1.82, 2.24) is 10.2 Å². The molecule has 3 nitrogen and oxygen atoms in total. The summed E-state index contributed by atoms with van der Waals surface area (Å²) in [5.74, 6) is 0.462. The van der Waals surface area contributed by atoms with E-state index in [1.165, 1.54) is 0 Å². The van der Waals surface area contributed by atoms with Crippen LogP contribution in [0.3, 0.4) is 0 Å². The van der Waals surface area contributed by atoms with E-state index in [1.54, 1.807) is 0 Å². The lowest BCUT2D eigenvalue weighted by Crippen LogP contribution is -1.92. The van der Waals surface area contributed by atoms with E-state index in [9.17, 15) is 0 Å². The SMILES string of the molecule is Nc1cc2ccccc2nn1. The number of aromatic nitrogens is 2. The molecule has 0 fully saturated rings. The molecule has 1 aromatic carbocycles. The van der Waals surface area contributed by atoms with Gasteiger partial charge in [-0.2, -0.15) is 0 Å². The molecular formula is C8H7N3. The Labute approximate surface area is 63.9 Å². The summed E-state index contributed by atoms with van der Waals surface area (Å²) in [6.45, 7) is 0. The van der Waals surface area contributed by atoms with Crippen LogP contribution in [0.2, 0.25) is 0 Å². The minimum absolute atomic E-state index is 0.462. The van der Waals surface area contributed by atoms with Crippen LogP contribution < -0.4 is 5.73 Å². The van der Waals surface area contributed by atoms with Gasteiger partial charge in [-0.15, -0.1) is 10.2 Å². The zero-order chi connectivity index (χ0) is 7.68. The van der Waals surface area contributed by atoms with Gasteiger partial charge in [-0.1, -0.05) is 18.2 Å². The highest BCUT2D eigenvalue weighted by molar-refractivity contribution is 5.79. The molecule has 2 N–H and O–H groups in total. The summed E-state index contributed by atoms with van der Waals surface area (Å²) in [7, 11) is 0. The lowest BCUT2D eigenvalue weighted by Gasteiger charge is -1.94. The van der Waals surface area contributed by atoms with E-state index >= 15 is 0 Å². The molecule has 11 heavy (non-hydrogen) atoms. The van der Waals surface area contributed by atoms with Gasteiger partial charge in [-0.05, 0) is 12.1 Å². The third-order valence-electron chi connectivity index (χ3n) is 1.51. The fraction of sp³-hybridized carbons (Fsp3) is 0. The molecule has 0 saturated heterocycles. The van der Waals surface area contributed by atoms with Crippen molar-refractivity contribution < 1.29 is 0 Å². The number of rotatable bonds is 0. The highest BCUT2D eigenvalue weighted by atomic mass is 15.1. The minimum Gasteiger partial charge on any atom is -0.382 e. The van der Waals surface area contributed by atoms with Gasteiger partial charge in [-0.25, -0.2) is 0 Å². The van der Waals surface area contributed by atoms with Crippen LogP contribution in [0.25, 0.3) is 10.9 Å². The zero-order valence-corrected chi connectivity index (χ0v) is 5.86. The van der Waals surface area contributed by atoms with Crippen LogP contribution in [0, 0.1) is 0 Å². The topological polar surface area (TPSA) is 51.8 Å². The highest BCUT2D eigenvalue weighted by Crippen LogP contribution is 2.10. The van der Waals surface area contributed by atoms with Gasteiger partial charge in [-0.3, -0.25) is 0 Å². The molecule has 3 heteroatoms. The number of nitrogens with zero attached hydrogens (tertiary/aromatic N) is 2. The van der Waals surface area contributed by atoms with E-state index in [1.807, 2.05) is 30.3 Å². The zero-order valence-electron chi connectivity index (χ0n) is 5.86. The molecule has 1 aromatic heterocycles. The summed E-state index contributed by atoms with van der Waals surface area (Å²) in [4.78, 5) is 0. The third-order valence-corrected chi connectivity index (χ3v) is 1.51. The van der Waals surface area contributed by atoms with E-state index < -0.39 is 0 Å². The molecule has 0 aliphatic heterocycles. The molecule has 2 rings (SSSR count). The summed E-state index contributed by atoms with van der Waals surface area (Å²) in [5, 5.41) is 8.67. The van der Waals surface area contributed by atoms with Crippen molar-refractivity contribution in [2.45, 2.75) is 0 Å².